The molecule has 22 heavy (non-hydrogen) atoms. The highest BCUT2D eigenvalue weighted by molar-refractivity contribution is 7.87. The van der Waals surface area contributed by atoms with Gasteiger partial charge in [-0.2, -0.15) is 8.42 Å². The molecule has 0 saturated carbocycles. The van der Waals surface area contributed by atoms with Gasteiger partial charge in [-0.15, -0.1) is 0 Å². The van der Waals surface area contributed by atoms with E-state index in [0.29, 0.717) is 5.69 Å². The zero-order valence-electron chi connectivity index (χ0n) is 11.3. The van der Waals surface area contributed by atoms with Crippen LogP contribution in [-0.2, 0) is 14.9 Å². The van der Waals surface area contributed by atoms with Crippen LogP contribution in [0.25, 0.3) is 0 Å². The number of rotatable bonds is 4. The van der Waals surface area contributed by atoms with Gasteiger partial charge in [-0.25, -0.2) is 0 Å². The Labute approximate surface area is 137 Å². The molecule has 116 valence electrons. The van der Waals surface area contributed by atoms with Crippen molar-refractivity contribution in [2.75, 3.05) is 5.32 Å². The molecule has 5 nitrogen and oxygen atoms in total. The maximum atomic E-state index is 12.2. The Balaban J connectivity index is 2.27. The van der Waals surface area contributed by atoms with Crippen molar-refractivity contribution in [2.45, 2.75) is 11.8 Å². The van der Waals surface area contributed by atoms with Crippen molar-refractivity contribution in [2.24, 2.45) is 0 Å². The fourth-order valence-electron chi connectivity index (χ4n) is 1.69. The minimum absolute atomic E-state index is 0.0256. The van der Waals surface area contributed by atoms with E-state index in [1.807, 2.05) is 0 Å². The molecule has 0 radical (unpaired) electrons. The van der Waals surface area contributed by atoms with E-state index in [-0.39, 0.29) is 26.6 Å². The van der Waals surface area contributed by atoms with Crippen LogP contribution < -0.4 is 9.50 Å². The minimum atomic E-state index is -4.16. The number of amides is 1. The standard InChI is InChI=1S/C14H11Cl2NO4S/c1-9(18)17-10-5-7-11(8-6-10)21-22(19,20)14-12(15)3-2-4-13(14)16/h2-8H,1H3,(H,17,18). The predicted octanol–water partition coefficient (Wildman–Crippen LogP) is 3.72. The molecule has 2 rings (SSSR count). The van der Waals surface area contributed by atoms with Crippen molar-refractivity contribution in [1.82, 2.24) is 0 Å². The molecule has 0 aliphatic rings. The third-order valence-electron chi connectivity index (χ3n) is 2.55. The van der Waals surface area contributed by atoms with Crippen LogP contribution in [-0.4, -0.2) is 14.3 Å². The van der Waals surface area contributed by atoms with Gasteiger partial charge in [-0.1, -0.05) is 29.3 Å². The summed E-state index contributed by atoms with van der Waals surface area (Å²) in [6.45, 7) is 1.37. The molecule has 0 atom stereocenters. The summed E-state index contributed by atoms with van der Waals surface area (Å²) < 4.78 is 29.5. The van der Waals surface area contributed by atoms with Crippen LogP contribution in [0.15, 0.2) is 47.4 Å². The second-order valence-electron chi connectivity index (χ2n) is 4.29. The van der Waals surface area contributed by atoms with Gasteiger partial charge in [0.15, 0.2) is 0 Å². The number of anilines is 1. The van der Waals surface area contributed by atoms with E-state index in [1.54, 1.807) is 0 Å². The van der Waals surface area contributed by atoms with Gasteiger partial charge < -0.3 is 9.50 Å². The zero-order chi connectivity index (χ0) is 16.3. The third kappa shape index (κ3) is 3.91. The lowest BCUT2D eigenvalue weighted by Crippen LogP contribution is -2.11. The highest BCUT2D eigenvalue weighted by atomic mass is 35.5. The van der Waals surface area contributed by atoms with Crippen LogP contribution in [0.5, 0.6) is 5.75 Å². The maximum absolute atomic E-state index is 12.2. The van der Waals surface area contributed by atoms with Gasteiger partial charge in [0.2, 0.25) is 5.91 Å². The molecule has 1 amide bonds. The van der Waals surface area contributed by atoms with Crippen molar-refractivity contribution in [3.8, 4) is 5.75 Å². The van der Waals surface area contributed by atoms with Crippen LogP contribution in [0.4, 0.5) is 5.69 Å². The van der Waals surface area contributed by atoms with Crippen molar-refractivity contribution in [3.05, 3.63) is 52.5 Å². The van der Waals surface area contributed by atoms with Crippen LogP contribution in [0.1, 0.15) is 6.92 Å². The number of carbonyl (C=O) groups is 1. The van der Waals surface area contributed by atoms with E-state index in [1.165, 1.54) is 49.4 Å². The van der Waals surface area contributed by atoms with E-state index >= 15 is 0 Å². The Hall–Kier alpha value is -1.76. The Morgan fingerprint density at radius 1 is 1.05 bits per heavy atom. The summed E-state index contributed by atoms with van der Waals surface area (Å²) in [6, 6.07) is 10.2. The molecular weight excluding hydrogens is 349 g/mol. The molecule has 0 bridgehead atoms. The molecule has 2 aromatic rings. The van der Waals surface area contributed by atoms with Crippen LogP contribution >= 0.6 is 23.2 Å². The summed E-state index contributed by atoms with van der Waals surface area (Å²) in [5, 5.41) is 2.51. The first-order valence-electron chi connectivity index (χ1n) is 6.06. The molecule has 0 fully saturated rings. The second-order valence-corrected chi connectivity index (χ2v) is 6.59. The summed E-state index contributed by atoms with van der Waals surface area (Å²) in [5.41, 5.74) is 0.521. The van der Waals surface area contributed by atoms with Crippen LogP contribution in [0.2, 0.25) is 10.0 Å². The first-order chi connectivity index (χ1) is 10.3. The molecule has 0 heterocycles. The topological polar surface area (TPSA) is 72.5 Å². The Bertz CT molecular complexity index is 784. The normalized spacial score (nSPS) is 11.0. The number of nitrogens with one attached hydrogen (secondary N) is 1. The third-order valence-corrected chi connectivity index (χ3v) is 4.76. The van der Waals surface area contributed by atoms with Gasteiger partial charge in [0, 0.05) is 12.6 Å². The monoisotopic (exact) mass is 359 g/mol. The smallest absolute Gasteiger partial charge is 0.342 e. The SMILES string of the molecule is CC(=O)Nc1ccc(OS(=O)(=O)c2c(Cl)cccc2Cl)cc1. The van der Waals surface area contributed by atoms with E-state index in [4.69, 9.17) is 27.4 Å². The second kappa shape index (κ2) is 6.56. The van der Waals surface area contributed by atoms with Crippen molar-refractivity contribution < 1.29 is 17.4 Å². The first-order valence-corrected chi connectivity index (χ1v) is 8.22. The van der Waals surface area contributed by atoms with Crippen molar-refractivity contribution in [3.63, 3.8) is 0 Å². The first kappa shape index (κ1) is 16.6. The van der Waals surface area contributed by atoms with Gasteiger partial charge in [0.05, 0.1) is 10.0 Å². The van der Waals surface area contributed by atoms with E-state index in [2.05, 4.69) is 5.32 Å². The molecule has 0 unspecified atom stereocenters. The van der Waals surface area contributed by atoms with Crippen LogP contribution in [0, 0.1) is 0 Å². The Morgan fingerprint density at radius 3 is 2.09 bits per heavy atom. The average molecular weight is 360 g/mol. The number of hydrogen-bond donors (Lipinski definition) is 1. The van der Waals surface area contributed by atoms with Crippen molar-refractivity contribution >= 4 is 44.9 Å². The van der Waals surface area contributed by atoms with Gasteiger partial charge in [0.25, 0.3) is 0 Å². The lowest BCUT2D eigenvalue weighted by Gasteiger charge is -2.10. The Kier molecular flexibility index (Phi) is 4.95. The molecule has 0 aliphatic heterocycles. The number of hydrogen-bond acceptors (Lipinski definition) is 4. The highest BCUT2D eigenvalue weighted by Gasteiger charge is 2.23. The van der Waals surface area contributed by atoms with E-state index in [9.17, 15) is 13.2 Å². The lowest BCUT2D eigenvalue weighted by atomic mass is 10.3. The number of benzene rings is 2. The predicted molar refractivity (Wildman–Crippen MR) is 85.0 cm³/mol. The summed E-state index contributed by atoms with van der Waals surface area (Å²) in [7, 11) is -4.16. The summed E-state index contributed by atoms with van der Waals surface area (Å²) >= 11 is 11.7. The fourth-order valence-corrected chi connectivity index (χ4v) is 3.71. The Morgan fingerprint density at radius 2 is 1.59 bits per heavy atom. The fraction of sp³-hybridized carbons (Fsp3) is 0.0714. The number of halogens is 2. The van der Waals surface area contributed by atoms with Crippen molar-refractivity contribution in [1.29, 1.82) is 0 Å². The average Bonchev–Trinajstić information content (AvgIpc) is 2.39. The molecule has 1 N–H and O–H groups in total. The summed E-state index contributed by atoms with van der Waals surface area (Å²) in [5.74, 6) is -0.158. The van der Waals surface area contributed by atoms with Gasteiger partial charge in [-0.05, 0) is 36.4 Å². The largest absolute Gasteiger partial charge is 0.379 e. The van der Waals surface area contributed by atoms with Gasteiger partial charge in [0.1, 0.15) is 10.6 Å². The molecule has 2 aromatic carbocycles. The number of carbonyl (C=O) groups excluding carboxylic acids is 1. The molecule has 0 aromatic heterocycles. The molecule has 0 aliphatic carbocycles. The highest BCUT2D eigenvalue weighted by Crippen LogP contribution is 2.31. The van der Waals surface area contributed by atoms with E-state index in [0.717, 1.165) is 0 Å². The molecule has 0 saturated heterocycles. The molecule has 8 heteroatoms. The summed E-state index contributed by atoms with van der Waals surface area (Å²) in [4.78, 5) is 10.6. The lowest BCUT2D eigenvalue weighted by molar-refractivity contribution is -0.114. The van der Waals surface area contributed by atoms with Gasteiger partial charge in [-0.3, -0.25) is 4.79 Å². The molecule has 0 spiro atoms. The summed E-state index contributed by atoms with van der Waals surface area (Å²) in [6.07, 6.45) is 0. The quantitative estimate of drug-likeness (QED) is 0.844. The minimum Gasteiger partial charge on any atom is -0.379 e. The van der Waals surface area contributed by atoms with E-state index < -0.39 is 10.1 Å². The van der Waals surface area contributed by atoms with Crippen LogP contribution in [0.3, 0.4) is 0 Å². The zero-order valence-corrected chi connectivity index (χ0v) is 13.7. The molecular formula is C14H11Cl2NO4S. The maximum Gasteiger partial charge on any atom is 0.342 e. The van der Waals surface area contributed by atoms with Gasteiger partial charge >= 0.3 is 10.1 Å².